The van der Waals surface area contributed by atoms with Gasteiger partial charge in [0.2, 0.25) is 6.79 Å². The van der Waals surface area contributed by atoms with Crippen LogP contribution in [-0.2, 0) is 11.3 Å². The number of thiocarbonyl (C=S) groups is 1. The van der Waals surface area contributed by atoms with Crippen molar-refractivity contribution in [1.29, 1.82) is 0 Å². The van der Waals surface area contributed by atoms with E-state index >= 15 is 0 Å². The van der Waals surface area contributed by atoms with Gasteiger partial charge in [-0.25, -0.2) is 0 Å². The van der Waals surface area contributed by atoms with Crippen LogP contribution in [0.2, 0.25) is 0 Å². The fourth-order valence-corrected chi connectivity index (χ4v) is 3.22. The van der Waals surface area contributed by atoms with Crippen LogP contribution in [-0.4, -0.2) is 41.8 Å². The molecule has 1 aromatic carbocycles. The highest BCUT2D eigenvalue weighted by Gasteiger charge is 2.22. The smallest absolute Gasteiger partial charge is 0.287 e. The topological polar surface area (TPSA) is 114 Å². The highest BCUT2D eigenvalue weighted by molar-refractivity contribution is 7.98. The van der Waals surface area contributed by atoms with Crippen molar-refractivity contribution in [3.8, 4) is 11.5 Å². The van der Waals surface area contributed by atoms with Crippen molar-refractivity contribution in [2.24, 2.45) is 0 Å². The van der Waals surface area contributed by atoms with Gasteiger partial charge in [0, 0.05) is 6.54 Å². The molecular weight excluding hydrogens is 428 g/mol. The molecule has 0 aliphatic carbocycles. The Labute approximate surface area is 183 Å². The Morgan fingerprint density at radius 3 is 2.80 bits per heavy atom. The van der Waals surface area contributed by atoms with Crippen molar-refractivity contribution in [3.63, 3.8) is 0 Å². The van der Waals surface area contributed by atoms with Gasteiger partial charge in [-0.05, 0) is 60.5 Å². The standard InChI is InChI=1S/C19H22N4O5S2/c1-30-8-6-13(21-18(25)15-3-2-7-26-15)17(24)22-23-19(29)20-10-12-4-5-14-16(9-12)28-11-27-14/h2-5,7,9,13H,6,8,10-11H2,1H3,(H,21,25)(H,22,24)(H2,20,23,29). The summed E-state index contributed by atoms with van der Waals surface area (Å²) in [6.07, 6.45) is 3.78. The maximum Gasteiger partial charge on any atom is 0.287 e. The average Bonchev–Trinajstić information content (AvgIpc) is 3.44. The molecule has 0 spiro atoms. The first-order valence-corrected chi connectivity index (χ1v) is 10.9. The van der Waals surface area contributed by atoms with Gasteiger partial charge in [-0.15, -0.1) is 0 Å². The number of hydrogen-bond acceptors (Lipinski definition) is 7. The van der Waals surface area contributed by atoms with E-state index in [1.807, 2.05) is 24.5 Å². The molecule has 2 amide bonds. The minimum Gasteiger partial charge on any atom is -0.459 e. The van der Waals surface area contributed by atoms with E-state index in [0.29, 0.717) is 30.2 Å². The molecule has 0 fully saturated rings. The van der Waals surface area contributed by atoms with E-state index < -0.39 is 17.9 Å². The summed E-state index contributed by atoms with van der Waals surface area (Å²) in [6.45, 7) is 0.649. The van der Waals surface area contributed by atoms with Crippen LogP contribution >= 0.6 is 24.0 Å². The van der Waals surface area contributed by atoms with Crippen LogP contribution < -0.4 is 31.0 Å². The summed E-state index contributed by atoms with van der Waals surface area (Å²) < 4.78 is 15.7. The zero-order valence-corrected chi connectivity index (χ0v) is 17.9. The molecule has 9 nitrogen and oxygen atoms in total. The van der Waals surface area contributed by atoms with Crippen LogP contribution in [0.3, 0.4) is 0 Å². The van der Waals surface area contributed by atoms with E-state index in [1.54, 1.807) is 17.8 Å². The maximum atomic E-state index is 12.5. The molecule has 2 aromatic rings. The maximum absolute atomic E-state index is 12.5. The number of benzene rings is 1. The first-order valence-electron chi connectivity index (χ1n) is 9.12. The van der Waals surface area contributed by atoms with Gasteiger partial charge in [0.15, 0.2) is 22.4 Å². The molecule has 0 saturated carbocycles. The van der Waals surface area contributed by atoms with Crippen molar-refractivity contribution >= 4 is 40.9 Å². The fraction of sp³-hybridized carbons (Fsp3) is 0.316. The van der Waals surface area contributed by atoms with Crippen LogP contribution in [0.1, 0.15) is 22.5 Å². The predicted octanol–water partition coefficient (Wildman–Crippen LogP) is 1.56. The van der Waals surface area contributed by atoms with Gasteiger partial charge in [-0.1, -0.05) is 6.07 Å². The molecule has 4 N–H and O–H groups in total. The molecule has 1 aromatic heterocycles. The van der Waals surface area contributed by atoms with E-state index in [-0.39, 0.29) is 17.7 Å². The third-order valence-corrected chi connectivity index (χ3v) is 5.06. The van der Waals surface area contributed by atoms with Crippen molar-refractivity contribution in [2.75, 3.05) is 18.8 Å². The van der Waals surface area contributed by atoms with Crippen LogP contribution in [0, 0.1) is 0 Å². The highest BCUT2D eigenvalue weighted by atomic mass is 32.2. The third-order valence-electron chi connectivity index (χ3n) is 4.17. The summed E-state index contributed by atoms with van der Waals surface area (Å²) in [7, 11) is 0. The number of rotatable bonds is 8. The zero-order chi connectivity index (χ0) is 21.3. The number of furan rings is 1. The Hall–Kier alpha value is -2.92. The number of carbonyl (C=O) groups is 2. The second-order valence-electron chi connectivity index (χ2n) is 6.27. The Morgan fingerprint density at radius 2 is 2.03 bits per heavy atom. The summed E-state index contributed by atoms with van der Waals surface area (Å²) in [5.74, 6) is 1.38. The molecule has 1 atom stereocenters. The fourth-order valence-electron chi connectivity index (χ4n) is 2.62. The Kier molecular flexibility index (Phi) is 7.80. The van der Waals surface area contributed by atoms with Gasteiger partial charge in [-0.3, -0.25) is 20.4 Å². The normalized spacial score (nSPS) is 12.7. The van der Waals surface area contributed by atoms with Gasteiger partial charge >= 0.3 is 0 Å². The highest BCUT2D eigenvalue weighted by Crippen LogP contribution is 2.32. The van der Waals surface area contributed by atoms with Gasteiger partial charge < -0.3 is 24.5 Å². The van der Waals surface area contributed by atoms with Crippen LogP contribution in [0.25, 0.3) is 0 Å². The van der Waals surface area contributed by atoms with Gasteiger partial charge in [0.05, 0.1) is 6.26 Å². The average molecular weight is 451 g/mol. The zero-order valence-electron chi connectivity index (χ0n) is 16.2. The number of carbonyl (C=O) groups excluding carboxylic acids is 2. The molecule has 1 unspecified atom stereocenters. The van der Waals surface area contributed by atoms with E-state index in [0.717, 1.165) is 5.56 Å². The van der Waals surface area contributed by atoms with Crippen LogP contribution in [0.4, 0.5) is 0 Å². The van der Waals surface area contributed by atoms with Gasteiger partial charge in [0.1, 0.15) is 6.04 Å². The first kappa shape index (κ1) is 21.8. The van der Waals surface area contributed by atoms with E-state index in [4.69, 9.17) is 26.1 Å². The van der Waals surface area contributed by atoms with E-state index in [1.165, 1.54) is 12.3 Å². The Balaban J connectivity index is 1.46. The molecule has 11 heteroatoms. The number of fused-ring (bicyclic) bond motifs is 1. The molecule has 1 aliphatic rings. The van der Waals surface area contributed by atoms with E-state index in [2.05, 4.69) is 21.5 Å². The first-order chi connectivity index (χ1) is 14.6. The summed E-state index contributed by atoms with van der Waals surface area (Å²) in [6, 6.07) is 7.99. The summed E-state index contributed by atoms with van der Waals surface area (Å²) in [4.78, 5) is 24.7. The molecule has 0 bridgehead atoms. The largest absolute Gasteiger partial charge is 0.459 e. The van der Waals surface area contributed by atoms with Crippen molar-refractivity contribution < 1.29 is 23.5 Å². The number of nitrogens with one attached hydrogen (secondary N) is 4. The minimum atomic E-state index is -0.737. The van der Waals surface area contributed by atoms with Crippen molar-refractivity contribution in [3.05, 3.63) is 47.9 Å². The third kappa shape index (κ3) is 6.04. The monoisotopic (exact) mass is 450 g/mol. The molecule has 30 heavy (non-hydrogen) atoms. The van der Waals surface area contributed by atoms with Gasteiger partial charge in [-0.2, -0.15) is 11.8 Å². The summed E-state index contributed by atoms with van der Waals surface area (Å²) >= 11 is 6.78. The summed E-state index contributed by atoms with van der Waals surface area (Å²) in [5.41, 5.74) is 6.12. The quantitative estimate of drug-likeness (QED) is 0.351. The molecule has 3 rings (SSSR count). The molecule has 160 valence electrons. The lowest BCUT2D eigenvalue weighted by Gasteiger charge is -2.19. The molecule has 1 aliphatic heterocycles. The lowest BCUT2D eigenvalue weighted by atomic mass is 10.2. The second kappa shape index (κ2) is 10.7. The number of amides is 2. The molecule has 0 saturated heterocycles. The lowest BCUT2D eigenvalue weighted by molar-refractivity contribution is -0.123. The lowest BCUT2D eigenvalue weighted by Crippen LogP contribution is -2.54. The SMILES string of the molecule is CSCCC(NC(=O)c1ccco1)C(=O)NNC(=S)NCc1ccc2c(c1)OCO2. The minimum absolute atomic E-state index is 0.144. The van der Waals surface area contributed by atoms with Crippen LogP contribution in [0.15, 0.2) is 41.0 Å². The number of thioether (sulfide) groups is 1. The summed E-state index contributed by atoms with van der Waals surface area (Å²) in [5, 5.41) is 5.90. The molecule has 0 radical (unpaired) electrons. The molecule has 2 heterocycles. The van der Waals surface area contributed by atoms with E-state index in [9.17, 15) is 9.59 Å². The predicted molar refractivity (Wildman–Crippen MR) is 116 cm³/mol. The van der Waals surface area contributed by atoms with Crippen molar-refractivity contribution in [1.82, 2.24) is 21.5 Å². The van der Waals surface area contributed by atoms with Crippen LogP contribution in [0.5, 0.6) is 11.5 Å². The Morgan fingerprint density at radius 1 is 1.20 bits per heavy atom. The number of hydrogen-bond donors (Lipinski definition) is 4. The van der Waals surface area contributed by atoms with Gasteiger partial charge in [0.25, 0.3) is 11.8 Å². The Bertz CT molecular complexity index is 891. The number of ether oxygens (including phenoxy) is 2. The molecular formula is C19H22N4O5S2. The van der Waals surface area contributed by atoms with Crippen molar-refractivity contribution in [2.45, 2.75) is 19.0 Å². The second-order valence-corrected chi connectivity index (χ2v) is 7.66. The number of hydrazine groups is 1.